The summed E-state index contributed by atoms with van der Waals surface area (Å²) in [5, 5.41) is 8.60. The van der Waals surface area contributed by atoms with Gasteiger partial charge < -0.3 is 9.84 Å². The van der Waals surface area contributed by atoms with E-state index in [1.165, 1.54) is 6.92 Å². The van der Waals surface area contributed by atoms with Gasteiger partial charge >= 0.3 is 5.97 Å². The zero-order valence-electron chi connectivity index (χ0n) is 5.63. The summed E-state index contributed by atoms with van der Waals surface area (Å²) >= 11 is 5.31. The Kier molecular flexibility index (Phi) is 4.07. The molecule has 0 amide bonds. The normalized spacial score (nSPS) is 12.6. The molecule has 0 aromatic carbocycles. The molecule has 1 unspecified atom stereocenters. The van der Waals surface area contributed by atoms with Crippen LogP contribution in [0.2, 0.25) is 0 Å². The van der Waals surface area contributed by atoms with Crippen LogP contribution in [0.4, 0.5) is 0 Å². The highest BCUT2D eigenvalue weighted by atomic mass is 35.5. The quantitative estimate of drug-likeness (QED) is 0.680. The van der Waals surface area contributed by atoms with Crippen molar-refractivity contribution in [2.75, 3.05) is 6.61 Å². The summed E-state index contributed by atoms with van der Waals surface area (Å²) in [7, 11) is 0. The van der Waals surface area contributed by atoms with Crippen molar-refractivity contribution in [3.63, 3.8) is 0 Å². The maximum absolute atomic E-state index is 10.1. The van der Waals surface area contributed by atoms with E-state index in [9.17, 15) is 4.79 Å². The fraction of sp³-hybridized carbons (Fsp3) is 0.500. The maximum Gasteiger partial charge on any atom is 0.332 e. The van der Waals surface area contributed by atoms with Gasteiger partial charge in [-0.3, -0.25) is 0 Å². The number of carboxylic acid groups (broad SMARTS) is 1. The first-order valence-electron chi connectivity index (χ1n) is 2.71. The third-order valence-electron chi connectivity index (χ3n) is 0.838. The minimum absolute atomic E-state index is 0.0784. The highest BCUT2D eigenvalue weighted by Crippen LogP contribution is 1.99. The fourth-order valence-corrected chi connectivity index (χ4v) is 0.350. The van der Waals surface area contributed by atoms with Crippen LogP contribution < -0.4 is 0 Å². The molecule has 10 heavy (non-hydrogen) atoms. The zero-order chi connectivity index (χ0) is 8.15. The van der Waals surface area contributed by atoms with Crippen molar-refractivity contribution < 1.29 is 14.6 Å². The molecular formula is C6H9ClO3. The van der Waals surface area contributed by atoms with Crippen LogP contribution in [0.3, 0.4) is 0 Å². The molecule has 0 heterocycles. The van der Waals surface area contributed by atoms with Gasteiger partial charge in [0.1, 0.15) is 0 Å². The lowest BCUT2D eigenvalue weighted by Gasteiger charge is -2.05. The highest BCUT2D eigenvalue weighted by Gasteiger charge is 2.09. The Bertz CT molecular complexity index is 144. The number of hydrogen-bond donors (Lipinski definition) is 1. The number of ether oxygens (including phenoxy) is 1. The van der Waals surface area contributed by atoms with Gasteiger partial charge in [0.05, 0.1) is 6.61 Å². The molecular weight excluding hydrogens is 156 g/mol. The summed E-state index contributed by atoms with van der Waals surface area (Å²) in [6.45, 7) is 4.85. The molecule has 0 bridgehead atoms. The van der Waals surface area contributed by atoms with E-state index >= 15 is 0 Å². The van der Waals surface area contributed by atoms with E-state index in [-0.39, 0.29) is 6.61 Å². The van der Waals surface area contributed by atoms with Gasteiger partial charge in [0, 0.05) is 5.03 Å². The van der Waals surface area contributed by atoms with Gasteiger partial charge in [-0.25, -0.2) is 4.79 Å². The van der Waals surface area contributed by atoms with E-state index in [2.05, 4.69) is 6.58 Å². The Balaban J connectivity index is 3.49. The van der Waals surface area contributed by atoms with Crippen molar-refractivity contribution in [3.8, 4) is 0 Å². The molecule has 0 saturated carbocycles. The van der Waals surface area contributed by atoms with Crippen LogP contribution in [0.25, 0.3) is 0 Å². The summed E-state index contributed by atoms with van der Waals surface area (Å²) < 4.78 is 4.73. The van der Waals surface area contributed by atoms with Crippen molar-refractivity contribution in [1.82, 2.24) is 0 Å². The van der Waals surface area contributed by atoms with E-state index in [4.69, 9.17) is 21.4 Å². The van der Waals surface area contributed by atoms with E-state index in [1.807, 2.05) is 0 Å². The van der Waals surface area contributed by atoms with Crippen LogP contribution in [0, 0.1) is 0 Å². The average Bonchev–Trinajstić information content (AvgIpc) is 1.82. The number of carbonyl (C=O) groups is 1. The number of rotatable bonds is 4. The first-order chi connectivity index (χ1) is 4.54. The number of aliphatic carboxylic acids is 1. The Labute approximate surface area is 64.2 Å². The largest absolute Gasteiger partial charge is 0.479 e. The predicted octanol–water partition coefficient (Wildman–Crippen LogP) is 1.23. The van der Waals surface area contributed by atoms with Gasteiger partial charge in [0.15, 0.2) is 6.10 Å². The first-order valence-corrected chi connectivity index (χ1v) is 3.09. The van der Waals surface area contributed by atoms with Gasteiger partial charge in [-0.2, -0.15) is 0 Å². The SMILES string of the molecule is C=C(Cl)COC(C)C(=O)O. The van der Waals surface area contributed by atoms with Gasteiger partial charge in [-0.1, -0.05) is 18.2 Å². The lowest BCUT2D eigenvalue weighted by Crippen LogP contribution is -2.20. The van der Waals surface area contributed by atoms with Crippen molar-refractivity contribution in [2.24, 2.45) is 0 Å². The second kappa shape index (κ2) is 4.30. The Morgan fingerprint density at radius 1 is 1.90 bits per heavy atom. The van der Waals surface area contributed by atoms with Crippen LogP contribution in [-0.4, -0.2) is 23.8 Å². The van der Waals surface area contributed by atoms with E-state index < -0.39 is 12.1 Å². The average molecular weight is 165 g/mol. The lowest BCUT2D eigenvalue weighted by molar-refractivity contribution is -0.148. The molecule has 0 aliphatic rings. The molecule has 0 spiro atoms. The van der Waals surface area contributed by atoms with Crippen molar-refractivity contribution in [1.29, 1.82) is 0 Å². The van der Waals surface area contributed by atoms with E-state index in [0.717, 1.165) is 0 Å². The van der Waals surface area contributed by atoms with Crippen LogP contribution in [0.1, 0.15) is 6.92 Å². The fourth-order valence-electron chi connectivity index (χ4n) is 0.287. The smallest absolute Gasteiger partial charge is 0.332 e. The van der Waals surface area contributed by atoms with Gasteiger partial charge in [-0.05, 0) is 6.92 Å². The number of hydrogen-bond acceptors (Lipinski definition) is 2. The molecule has 0 fully saturated rings. The van der Waals surface area contributed by atoms with Crippen molar-refractivity contribution in [3.05, 3.63) is 11.6 Å². The molecule has 0 aliphatic carbocycles. The van der Waals surface area contributed by atoms with Gasteiger partial charge in [0.25, 0.3) is 0 Å². The topological polar surface area (TPSA) is 46.5 Å². The lowest BCUT2D eigenvalue weighted by atomic mass is 10.4. The van der Waals surface area contributed by atoms with E-state index in [0.29, 0.717) is 5.03 Å². The zero-order valence-corrected chi connectivity index (χ0v) is 6.39. The molecule has 0 aromatic heterocycles. The summed E-state index contributed by atoms with van der Waals surface area (Å²) in [6, 6.07) is 0. The molecule has 0 rings (SSSR count). The summed E-state index contributed by atoms with van der Waals surface area (Å²) in [4.78, 5) is 10.1. The molecule has 0 saturated heterocycles. The summed E-state index contributed by atoms with van der Waals surface area (Å²) in [6.07, 6.45) is -0.824. The van der Waals surface area contributed by atoms with Crippen LogP contribution in [0.15, 0.2) is 11.6 Å². The monoisotopic (exact) mass is 164 g/mol. The van der Waals surface area contributed by atoms with Gasteiger partial charge in [-0.15, -0.1) is 0 Å². The second-order valence-electron chi connectivity index (χ2n) is 1.81. The standard InChI is InChI=1S/C6H9ClO3/c1-4(7)3-10-5(2)6(8)9/h5H,1,3H2,2H3,(H,8,9). The van der Waals surface area contributed by atoms with Crippen LogP contribution >= 0.6 is 11.6 Å². The van der Waals surface area contributed by atoms with E-state index in [1.54, 1.807) is 0 Å². The molecule has 3 nitrogen and oxygen atoms in total. The molecule has 58 valence electrons. The van der Waals surface area contributed by atoms with Crippen LogP contribution in [0.5, 0.6) is 0 Å². The molecule has 1 atom stereocenters. The van der Waals surface area contributed by atoms with Crippen LogP contribution in [-0.2, 0) is 9.53 Å². The third-order valence-corrected chi connectivity index (χ3v) is 0.947. The molecule has 0 radical (unpaired) electrons. The predicted molar refractivity (Wildman–Crippen MR) is 38.0 cm³/mol. The molecule has 0 aromatic rings. The highest BCUT2D eigenvalue weighted by molar-refractivity contribution is 6.29. The number of halogens is 1. The number of carboxylic acids is 1. The molecule has 0 aliphatic heterocycles. The Morgan fingerprint density at radius 3 is 2.70 bits per heavy atom. The third kappa shape index (κ3) is 4.35. The minimum atomic E-state index is -1.00. The first kappa shape index (κ1) is 9.46. The van der Waals surface area contributed by atoms with Crippen molar-refractivity contribution in [2.45, 2.75) is 13.0 Å². The van der Waals surface area contributed by atoms with Crippen molar-refractivity contribution >= 4 is 17.6 Å². The summed E-state index contributed by atoms with van der Waals surface area (Å²) in [5.74, 6) is -1.00. The Morgan fingerprint density at radius 2 is 2.40 bits per heavy atom. The molecule has 4 heteroatoms. The minimum Gasteiger partial charge on any atom is -0.479 e. The Hall–Kier alpha value is -0.540. The van der Waals surface area contributed by atoms with Gasteiger partial charge in [0.2, 0.25) is 0 Å². The maximum atomic E-state index is 10.1. The molecule has 1 N–H and O–H groups in total. The summed E-state index contributed by atoms with van der Waals surface area (Å²) in [5.41, 5.74) is 0. The second-order valence-corrected chi connectivity index (χ2v) is 2.34.